The highest BCUT2D eigenvalue weighted by Crippen LogP contribution is 2.46. The fraction of sp³-hybridized carbons (Fsp3) is 0.500. The van der Waals surface area contributed by atoms with Crippen molar-refractivity contribution in [1.29, 1.82) is 0 Å². The largest absolute Gasteiger partial charge is 0.353 e. The number of benzene rings is 1. The standard InChI is InChI=1S/C14H17NO/c1-9-3-4-11-5-6-14(12(11)7-9)8-13(16)15-10(14)2/h3-4,7,10H,5-6,8H2,1-2H3,(H,15,16). The Kier molecular flexibility index (Phi) is 1.91. The van der Waals surface area contributed by atoms with Crippen LogP contribution < -0.4 is 5.32 Å². The summed E-state index contributed by atoms with van der Waals surface area (Å²) in [5, 5.41) is 3.07. The molecule has 0 radical (unpaired) electrons. The van der Waals surface area contributed by atoms with Crippen molar-refractivity contribution in [3.63, 3.8) is 0 Å². The van der Waals surface area contributed by atoms with Gasteiger partial charge < -0.3 is 5.32 Å². The Balaban J connectivity index is 2.14. The third kappa shape index (κ3) is 1.16. The monoisotopic (exact) mass is 215 g/mol. The third-order valence-corrected chi connectivity index (χ3v) is 4.32. The molecule has 16 heavy (non-hydrogen) atoms. The van der Waals surface area contributed by atoms with Gasteiger partial charge in [0.05, 0.1) is 0 Å². The average molecular weight is 215 g/mol. The smallest absolute Gasteiger partial charge is 0.221 e. The molecular formula is C14H17NO. The van der Waals surface area contributed by atoms with Crippen LogP contribution in [0.4, 0.5) is 0 Å². The lowest BCUT2D eigenvalue weighted by Crippen LogP contribution is -2.36. The van der Waals surface area contributed by atoms with Gasteiger partial charge in [0.15, 0.2) is 0 Å². The van der Waals surface area contributed by atoms with Crippen molar-refractivity contribution < 1.29 is 4.79 Å². The fourth-order valence-corrected chi connectivity index (χ4v) is 3.37. The topological polar surface area (TPSA) is 29.1 Å². The molecule has 2 aliphatic rings. The van der Waals surface area contributed by atoms with Crippen LogP contribution in [0.1, 0.15) is 36.5 Å². The molecule has 2 atom stereocenters. The van der Waals surface area contributed by atoms with E-state index in [0.717, 1.165) is 12.8 Å². The average Bonchev–Trinajstić information content (AvgIpc) is 2.71. The summed E-state index contributed by atoms with van der Waals surface area (Å²) in [6.45, 7) is 4.27. The fourth-order valence-electron chi connectivity index (χ4n) is 3.37. The van der Waals surface area contributed by atoms with Crippen molar-refractivity contribution in [2.75, 3.05) is 0 Å². The normalized spacial score (nSPS) is 31.9. The van der Waals surface area contributed by atoms with Gasteiger partial charge in [0.2, 0.25) is 5.91 Å². The zero-order valence-electron chi connectivity index (χ0n) is 9.84. The summed E-state index contributed by atoms with van der Waals surface area (Å²) in [6.07, 6.45) is 2.91. The molecule has 1 heterocycles. The predicted molar refractivity (Wildman–Crippen MR) is 63.4 cm³/mol. The Morgan fingerprint density at radius 1 is 1.44 bits per heavy atom. The van der Waals surface area contributed by atoms with Crippen molar-refractivity contribution >= 4 is 5.91 Å². The van der Waals surface area contributed by atoms with Crippen LogP contribution in [-0.2, 0) is 16.6 Å². The first-order chi connectivity index (χ1) is 7.62. The van der Waals surface area contributed by atoms with E-state index in [4.69, 9.17) is 0 Å². The molecular weight excluding hydrogens is 198 g/mol. The Morgan fingerprint density at radius 2 is 2.25 bits per heavy atom. The Labute approximate surface area is 96.1 Å². The summed E-state index contributed by atoms with van der Waals surface area (Å²) in [5.41, 5.74) is 4.23. The molecule has 84 valence electrons. The molecule has 1 aromatic carbocycles. The summed E-state index contributed by atoms with van der Waals surface area (Å²) >= 11 is 0. The van der Waals surface area contributed by atoms with E-state index in [1.165, 1.54) is 16.7 Å². The molecule has 1 N–H and O–H groups in total. The van der Waals surface area contributed by atoms with E-state index in [9.17, 15) is 4.79 Å². The molecule has 1 saturated heterocycles. The maximum Gasteiger partial charge on any atom is 0.221 e. The number of fused-ring (bicyclic) bond motifs is 2. The second-order valence-electron chi connectivity index (χ2n) is 5.28. The summed E-state index contributed by atoms with van der Waals surface area (Å²) in [4.78, 5) is 11.6. The highest BCUT2D eigenvalue weighted by atomic mass is 16.2. The van der Waals surface area contributed by atoms with E-state index >= 15 is 0 Å². The molecule has 1 amide bonds. The first kappa shape index (κ1) is 9.88. The van der Waals surface area contributed by atoms with Gasteiger partial charge in [0.1, 0.15) is 0 Å². The molecule has 2 heteroatoms. The molecule has 0 aromatic heterocycles. The Bertz CT molecular complexity index is 466. The second kappa shape index (κ2) is 3.09. The lowest BCUT2D eigenvalue weighted by molar-refractivity contribution is -0.119. The highest BCUT2D eigenvalue weighted by molar-refractivity contribution is 5.82. The number of nitrogens with one attached hydrogen (secondary N) is 1. The van der Waals surface area contributed by atoms with E-state index < -0.39 is 0 Å². The van der Waals surface area contributed by atoms with Gasteiger partial charge in [-0.25, -0.2) is 0 Å². The molecule has 1 fully saturated rings. The molecule has 3 rings (SSSR count). The van der Waals surface area contributed by atoms with Gasteiger partial charge in [-0.1, -0.05) is 23.8 Å². The van der Waals surface area contributed by atoms with Crippen molar-refractivity contribution in [1.82, 2.24) is 5.32 Å². The molecule has 1 aromatic rings. The van der Waals surface area contributed by atoms with Crippen molar-refractivity contribution in [2.24, 2.45) is 0 Å². The van der Waals surface area contributed by atoms with Gasteiger partial charge in [0, 0.05) is 17.9 Å². The first-order valence-electron chi connectivity index (χ1n) is 6.01. The van der Waals surface area contributed by atoms with Gasteiger partial charge >= 0.3 is 0 Å². The van der Waals surface area contributed by atoms with Gasteiger partial charge in [-0.3, -0.25) is 4.79 Å². The second-order valence-corrected chi connectivity index (χ2v) is 5.28. The minimum absolute atomic E-state index is 0.0818. The molecule has 1 spiro atoms. The van der Waals surface area contributed by atoms with Crippen LogP contribution in [0.2, 0.25) is 0 Å². The Hall–Kier alpha value is -1.31. The third-order valence-electron chi connectivity index (χ3n) is 4.32. The molecule has 1 aliphatic carbocycles. The number of rotatable bonds is 0. The van der Waals surface area contributed by atoms with Crippen LogP contribution >= 0.6 is 0 Å². The summed E-state index contributed by atoms with van der Waals surface area (Å²) in [7, 11) is 0. The van der Waals surface area contributed by atoms with Gasteiger partial charge in [-0.05, 0) is 37.8 Å². The van der Waals surface area contributed by atoms with Gasteiger partial charge in [-0.15, -0.1) is 0 Å². The summed E-state index contributed by atoms with van der Waals surface area (Å²) in [6, 6.07) is 6.96. The SMILES string of the molecule is Cc1ccc2c(c1)C1(CC2)CC(=O)NC1C. The number of hydrogen-bond acceptors (Lipinski definition) is 1. The number of amides is 1. The molecule has 0 saturated carbocycles. The number of carbonyl (C=O) groups excluding carboxylic acids is 1. The van der Waals surface area contributed by atoms with Crippen molar-refractivity contribution in [2.45, 2.75) is 44.6 Å². The van der Waals surface area contributed by atoms with E-state index in [-0.39, 0.29) is 17.4 Å². The van der Waals surface area contributed by atoms with E-state index in [1.807, 2.05) is 0 Å². The molecule has 1 aliphatic heterocycles. The maximum atomic E-state index is 11.6. The van der Waals surface area contributed by atoms with Crippen LogP contribution in [0.25, 0.3) is 0 Å². The summed E-state index contributed by atoms with van der Waals surface area (Å²) in [5.74, 6) is 0.210. The maximum absolute atomic E-state index is 11.6. The number of aryl methyl sites for hydroxylation is 2. The zero-order chi connectivity index (χ0) is 11.3. The van der Waals surface area contributed by atoms with Crippen molar-refractivity contribution in [3.05, 3.63) is 34.9 Å². The molecule has 2 nitrogen and oxygen atoms in total. The van der Waals surface area contributed by atoms with Crippen LogP contribution in [0, 0.1) is 6.92 Å². The lowest BCUT2D eigenvalue weighted by atomic mass is 9.75. The van der Waals surface area contributed by atoms with Crippen molar-refractivity contribution in [3.8, 4) is 0 Å². The number of hydrogen-bond donors (Lipinski definition) is 1. The van der Waals surface area contributed by atoms with E-state index in [1.54, 1.807) is 0 Å². The first-order valence-corrected chi connectivity index (χ1v) is 6.01. The minimum Gasteiger partial charge on any atom is -0.353 e. The zero-order valence-corrected chi connectivity index (χ0v) is 9.84. The Morgan fingerprint density at radius 3 is 2.94 bits per heavy atom. The van der Waals surface area contributed by atoms with Gasteiger partial charge in [0.25, 0.3) is 0 Å². The highest BCUT2D eigenvalue weighted by Gasteiger charge is 2.49. The van der Waals surface area contributed by atoms with Crippen LogP contribution in [0.3, 0.4) is 0 Å². The van der Waals surface area contributed by atoms with Crippen LogP contribution in [0.5, 0.6) is 0 Å². The quantitative estimate of drug-likeness (QED) is 0.705. The van der Waals surface area contributed by atoms with E-state index in [2.05, 4.69) is 37.4 Å². The molecule has 2 unspecified atom stereocenters. The summed E-state index contributed by atoms with van der Waals surface area (Å²) < 4.78 is 0. The van der Waals surface area contributed by atoms with Crippen LogP contribution in [-0.4, -0.2) is 11.9 Å². The van der Waals surface area contributed by atoms with Crippen LogP contribution in [0.15, 0.2) is 18.2 Å². The van der Waals surface area contributed by atoms with Gasteiger partial charge in [-0.2, -0.15) is 0 Å². The predicted octanol–water partition coefficient (Wildman–Crippen LogP) is 2.09. The lowest BCUT2D eigenvalue weighted by Gasteiger charge is -2.28. The molecule has 0 bridgehead atoms. The minimum atomic E-state index is 0.0818. The number of carbonyl (C=O) groups is 1. The van der Waals surface area contributed by atoms with E-state index in [0.29, 0.717) is 6.42 Å².